The van der Waals surface area contributed by atoms with E-state index in [9.17, 15) is 18.0 Å². The van der Waals surface area contributed by atoms with Crippen molar-refractivity contribution in [3.8, 4) is 5.69 Å². The number of alkyl halides is 3. The first-order chi connectivity index (χ1) is 17.3. The third kappa shape index (κ3) is 3.90. The van der Waals surface area contributed by atoms with Gasteiger partial charge < -0.3 is 9.88 Å². The highest BCUT2D eigenvalue weighted by Gasteiger charge is 2.30. The second-order valence-corrected chi connectivity index (χ2v) is 9.06. The van der Waals surface area contributed by atoms with Crippen LogP contribution >= 0.6 is 0 Å². The number of aryl methyl sites for hydroxylation is 1. The minimum atomic E-state index is -4.41. The van der Waals surface area contributed by atoms with Gasteiger partial charge in [0.25, 0.3) is 5.91 Å². The summed E-state index contributed by atoms with van der Waals surface area (Å²) in [5, 5.41) is 17.2. The highest BCUT2D eigenvalue weighted by molar-refractivity contribution is 6.10. The monoisotopic (exact) mass is 493 g/mol. The van der Waals surface area contributed by atoms with Crippen LogP contribution in [0.4, 0.5) is 13.2 Å². The van der Waals surface area contributed by atoms with Crippen LogP contribution in [-0.2, 0) is 19.8 Å². The Morgan fingerprint density at radius 3 is 2.61 bits per heavy atom. The van der Waals surface area contributed by atoms with Crippen molar-refractivity contribution in [2.45, 2.75) is 31.5 Å². The quantitative estimate of drug-likeness (QED) is 0.379. The fourth-order valence-electron chi connectivity index (χ4n) is 4.58. The van der Waals surface area contributed by atoms with Gasteiger partial charge >= 0.3 is 6.18 Å². The van der Waals surface area contributed by atoms with E-state index in [4.69, 9.17) is 0 Å². The van der Waals surface area contributed by atoms with E-state index in [-0.39, 0.29) is 5.91 Å². The molecule has 0 unspecified atom stereocenters. The Balaban J connectivity index is 1.29. The van der Waals surface area contributed by atoms with Gasteiger partial charge in [0.05, 0.1) is 11.1 Å². The van der Waals surface area contributed by atoms with Crippen molar-refractivity contribution in [2.75, 3.05) is 6.54 Å². The summed E-state index contributed by atoms with van der Waals surface area (Å²) in [5.41, 5.74) is 1.69. The smallest absolute Gasteiger partial charge is 0.350 e. The summed E-state index contributed by atoms with van der Waals surface area (Å²) >= 11 is 0. The topological polar surface area (TPSA) is 82.6 Å². The number of fused-ring (bicyclic) bond motifs is 3. The van der Waals surface area contributed by atoms with Gasteiger partial charge in [-0.05, 0) is 55.3 Å². The van der Waals surface area contributed by atoms with E-state index in [1.54, 1.807) is 40.8 Å². The molecule has 1 aliphatic rings. The SMILES string of the molecule is Cn1cc2c3cc(C(=O)NCCn4cnnc4C4CC4)ccc3n(-c3ccc(C(F)(F)F)cc3)c2n1. The summed E-state index contributed by atoms with van der Waals surface area (Å²) in [6.07, 6.45) is 1.37. The molecule has 1 amide bonds. The van der Waals surface area contributed by atoms with Crippen molar-refractivity contribution >= 4 is 27.8 Å². The molecule has 3 heterocycles. The first-order valence-corrected chi connectivity index (χ1v) is 11.6. The largest absolute Gasteiger partial charge is 0.416 e. The van der Waals surface area contributed by atoms with Crippen molar-refractivity contribution in [3.05, 3.63) is 71.9 Å². The number of rotatable bonds is 6. The van der Waals surface area contributed by atoms with Crippen LogP contribution in [0, 0.1) is 0 Å². The van der Waals surface area contributed by atoms with Crippen molar-refractivity contribution in [2.24, 2.45) is 7.05 Å². The van der Waals surface area contributed by atoms with Crippen LogP contribution < -0.4 is 5.32 Å². The maximum Gasteiger partial charge on any atom is 0.416 e. The summed E-state index contributed by atoms with van der Waals surface area (Å²) in [4.78, 5) is 12.9. The molecule has 1 aliphatic carbocycles. The molecule has 0 atom stereocenters. The number of nitrogens with one attached hydrogen (secondary N) is 1. The number of hydrogen-bond donors (Lipinski definition) is 1. The van der Waals surface area contributed by atoms with Gasteiger partial charge in [-0.1, -0.05) is 0 Å². The number of hydrogen-bond acceptors (Lipinski definition) is 4. The molecule has 36 heavy (non-hydrogen) atoms. The third-order valence-electron chi connectivity index (χ3n) is 6.49. The highest BCUT2D eigenvalue weighted by Crippen LogP contribution is 2.38. The van der Waals surface area contributed by atoms with Crippen LogP contribution in [-0.4, -0.2) is 41.6 Å². The van der Waals surface area contributed by atoms with Crippen LogP contribution in [0.3, 0.4) is 0 Å². The van der Waals surface area contributed by atoms with E-state index in [0.717, 1.165) is 47.1 Å². The lowest BCUT2D eigenvalue weighted by Crippen LogP contribution is -2.27. The van der Waals surface area contributed by atoms with E-state index >= 15 is 0 Å². The number of aromatic nitrogens is 6. The summed E-state index contributed by atoms with van der Waals surface area (Å²) in [6.45, 7) is 1.02. The molecule has 6 rings (SSSR count). The van der Waals surface area contributed by atoms with E-state index in [1.807, 2.05) is 10.8 Å². The molecule has 0 aliphatic heterocycles. The van der Waals surface area contributed by atoms with Gasteiger partial charge in [-0.3, -0.25) is 14.0 Å². The molecular weight excluding hydrogens is 471 g/mol. The fraction of sp³-hybridized carbons (Fsp3) is 0.280. The molecule has 1 N–H and O–H groups in total. The molecule has 8 nitrogen and oxygen atoms in total. The van der Waals surface area contributed by atoms with Crippen LogP contribution in [0.5, 0.6) is 0 Å². The average molecular weight is 493 g/mol. The summed E-state index contributed by atoms with van der Waals surface area (Å²) in [5.74, 6) is 1.23. The molecule has 2 aromatic carbocycles. The second-order valence-electron chi connectivity index (χ2n) is 9.06. The van der Waals surface area contributed by atoms with E-state index in [1.165, 1.54) is 12.1 Å². The minimum Gasteiger partial charge on any atom is -0.350 e. The first kappa shape index (κ1) is 22.3. The Morgan fingerprint density at radius 2 is 1.89 bits per heavy atom. The van der Waals surface area contributed by atoms with Crippen molar-refractivity contribution in [3.63, 3.8) is 0 Å². The Morgan fingerprint density at radius 1 is 1.11 bits per heavy atom. The van der Waals surface area contributed by atoms with Crippen LogP contribution in [0.1, 0.15) is 40.5 Å². The third-order valence-corrected chi connectivity index (χ3v) is 6.49. The zero-order valence-electron chi connectivity index (χ0n) is 19.3. The van der Waals surface area contributed by atoms with E-state index < -0.39 is 11.7 Å². The lowest BCUT2D eigenvalue weighted by Gasteiger charge is -2.11. The highest BCUT2D eigenvalue weighted by atomic mass is 19.4. The van der Waals surface area contributed by atoms with Gasteiger partial charge in [-0.25, -0.2) is 0 Å². The molecule has 3 aromatic heterocycles. The lowest BCUT2D eigenvalue weighted by molar-refractivity contribution is -0.137. The summed E-state index contributed by atoms with van der Waals surface area (Å²) in [7, 11) is 1.78. The van der Waals surface area contributed by atoms with Crippen LogP contribution in [0.25, 0.3) is 27.6 Å². The van der Waals surface area contributed by atoms with Crippen LogP contribution in [0.15, 0.2) is 55.0 Å². The summed E-state index contributed by atoms with van der Waals surface area (Å²) < 4.78 is 44.6. The number of carbonyl (C=O) groups is 1. The Bertz CT molecular complexity index is 1590. The van der Waals surface area contributed by atoms with Gasteiger partial charge in [0.2, 0.25) is 0 Å². The normalized spacial score (nSPS) is 14.1. The molecule has 184 valence electrons. The Hall–Kier alpha value is -4.15. The molecule has 0 saturated heterocycles. The molecule has 0 radical (unpaired) electrons. The maximum absolute atomic E-state index is 13.0. The maximum atomic E-state index is 13.0. The zero-order valence-corrected chi connectivity index (χ0v) is 19.3. The predicted octanol–water partition coefficient (Wildman–Crippen LogP) is 4.43. The molecule has 1 fully saturated rings. The number of nitrogens with zero attached hydrogens (tertiary/aromatic N) is 6. The van der Waals surface area contributed by atoms with Crippen molar-refractivity contribution in [1.29, 1.82) is 0 Å². The number of carbonyl (C=O) groups excluding carboxylic acids is 1. The van der Waals surface area contributed by atoms with Crippen molar-refractivity contribution < 1.29 is 18.0 Å². The number of halogens is 3. The van der Waals surface area contributed by atoms with Gasteiger partial charge in [-0.2, -0.15) is 18.3 Å². The summed E-state index contributed by atoms with van der Waals surface area (Å²) in [6, 6.07) is 10.3. The van der Waals surface area contributed by atoms with Crippen LogP contribution in [0.2, 0.25) is 0 Å². The van der Waals surface area contributed by atoms with Gasteiger partial charge in [-0.15, -0.1) is 10.2 Å². The van der Waals surface area contributed by atoms with E-state index in [0.29, 0.717) is 35.9 Å². The Labute approximate surface area is 203 Å². The number of amides is 1. The van der Waals surface area contributed by atoms with Gasteiger partial charge in [0.15, 0.2) is 5.65 Å². The van der Waals surface area contributed by atoms with Gasteiger partial charge in [0, 0.05) is 54.3 Å². The molecule has 0 spiro atoms. The molecular formula is C25H22F3N7O. The number of benzene rings is 2. The second kappa shape index (κ2) is 8.21. The molecule has 11 heteroatoms. The fourth-order valence-corrected chi connectivity index (χ4v) is 4.58. The molecule has 1 saturated carbocycles. The Kier molecular flexibility index (Phi) is 5.09. The standard InChI is InChI=1S/C25H22F3N7O/c1-33-13-20-19-12-16(24(36)29-10-11-34-14-30-31-22(34)15-2-3-15)4-9-21(19)35(23(20)32-33)18-7-5-17(6-8-18)25(26,27)28/h4-9,12-15H,2-3,10-11H2,1H3,(H,29,36). The van der Waals surface area contributed by atoms with Gasteiger partial charge in [0.1, 0.15) is 12.2 Å². The molecule has 5 aromatic rings. The predicted molar refractivity (Wildman–Crippen MR) is 127 cm³/mol. The van der Waals surface area contributed by atoms with Crippen molar-refractivity contribution in [1.82, 2.24) is 34.4 Å². The first-order valence-electron chi connectivity index (χ1n) is 11.6. The minimum absolute atomic E-state index is 0.211. The zero-order chi connectivity index (χ0) is 25.0. The molecule has 0 bridgehead atoms. The van der Waals surface area contributed by atoms with E-state index in [2.05, 4.69) is 20.6 Å². The lowest BCUT2D eigenvalue weighted by atomic mass is 10.1. The average Bonchev–Trinajstić information content (AvgIpc) is 3.35.